The van der Waals surface area contributed by atoms with E-state index >= 15 is 0 Å². The summed E-state index contributed by atoms with van der Waals surface area (Å²) in [4.78, 5) is 33.6. The van der Waals surface area contributed by atoms with Crippen LogP contribution in [0.1, 0.15) is 15.9 Å². The summed E-state index contributed by atoms with van der Waals surface area (Å²) in [6.45, 7) is -0.493. The topological polar surface area (TPSA) is 113 Å². The monoisotopic (exact) mass is 416 g/mol. The summed E-state index contributed by atoms with van der Waals surface area (Å²) in [7, 11) is 0. The summed E-state index contributed by atoms with van der Waals surface area (Å²) >= 11 is 5.75. The third kappa shape index (κ3) is 5.58. The van der Waals surface area contributed by atoms with Crippen molar-refractivity contribution in [3.63, 3.8) is 0 Å². The first-order chi connectivity index (χ1) is 13.1. The van der Waals surface area contributed by atoms with Crippen LogP contribution in [0.15, 0.2) is 42.5 Å². The number of nitrogens with zero attached hydrogens (tertiary/aromatic N) is 1. The largest absolute Gasteiger partial charge is 0.416 e. The number of carbonyl (C=O) groups is 2. The molecule has 2 rings (SSSR count). The van der Waals surface area contributed by atoms with Crippen molar-refractivity contribution in [1.82, 2.24) is 10.7 Å². The fourth-order valence-electron chi connectivity index (χ4n) is 2.04. The van der Waals surface area contributed by atoms with E-state index in [9.17, 15) is 32.9 Å². The van der Waals surface area contributed by atoms with Gasteiger partial charge in [-0.2, -0.15) is 13.2 Å². The standard InChI is InChI=1S/C16H12ClF3N4O4/c17-11-3-1-2-9(6-11)15(26)21-8-14(25)23-22-12-5-4-10(16(18,19)20)7-13(12)24(27)28/h1-7,22H,8H2,(H,21,26)(H,23,25). The van der Waals surface area contributed by atoms with Gasteiger partial charge in [0, 0.05) is 16.7 Å². The van der Waals surface area contributed by atoms with E-state index in [0.717, 1.165) is 6.07 Å². The van der Waals surface area contributed by atoms with Crippen LogP contribution in [0, 0.1) is 10.1 Å². The van der Waals surface area contributed by atoms with Crippen molar-refractivity contribution in [3.05, 3.63) is 68.7 Å². The van der Waals surface area contributed by atoms with Crippen molar-refractivity contribution in [2.24, 2.45) is 0 Å². The molecule has 0 aliphatic heterocycles. The van der Waals surface area contributed by atoms with E-state index in [1.54, 1.807) is 12.1 Å². The molecular weight excluding hydrogens is 405 g/mol. The Morgan fingerprint density at radius 3 is 2.46 bits per heavy atom. The van der Waals surface area contributed by atoms with Gasteiger partial charge in [-0.25, -0.2) is 0 Å². The minimum atomic E-state index is -4.75. The van der Waals surface area contributed by atoms with Gasteiger partial charge in [0.15, 0.2) is 0 Å². The van der Waals surface area contributed by atoms with Gasteiger partial charge in [0.2, 0.25) is 0 Å². The highest BCUT2D eigenvalue weighted by Gasteiger charge is 2.33. The zero-order valence-electron chi connectivity index (χ0n) is 13.8. The summed E-state index contributed by atoms with van der Waals surface area (Å²) in [5.74, 6) is -1.37. The zero-order valence-corrected chi connectivity index (χ0v) is 14.6. The normalized spacial score (nSPS) is 10.9. The molecule has 0 unspecified atom stereocenters. The molecule has 0 aliphatic rings. The maximum Gasteiger partial charge on any atom is 0.416 e. The molecule has 0 aromatic heterocycles. The maximum absolute atomic E-state index is 12.7. The Balaban J connectivity index is 1.97. The Morgan fingerprint density at radius 1 is 1.14 bits per heavy atom. The highest BCUT2D eigenvalue weighted by atomic mass is 35.5. The number of nitro groups is 1. The van der Waals surface area contributed by atoms with Gasteiger partial charge in [0.05, 0.1) is 17.0 Å². The second kappa shape index (κ2) is 8.57. The lowest BCUT2D eigenvalue weighted by Gasteiger charge is -2.12. The molecule has 0 spiro atoms. The van der Waals surface area contributed by atoms with E-state index < -0.39 is 40.7 Å². The average molecular weight is 417 g/mol. The van der Waals surface area contributed by atoms with Gasteiger partial charge in [-0.15, -0.1) is 0 Å². The molecule has 0 aliphatic carbocycles. The van der Waals surface area contributed by atoms with Crippen molar-refractivity contribution in [2.45, 2.75) is 6.18 Å². The van der Waals surface area contributed by atoms with E-state index in [4.69, 9.17) is 11.6 Å². The highest BCUT2D eigenvalue weighted by molar-refractivity contribution is 6.30. The molecule has 28 heavy (non-hydrogen) atoms. The van der Waals surface area contributed by atoms with Crippen LogP contribution in [0.25, 0.3) is 0 Å². The van der Waals surface area contributed by atoms with Gasteiger partial charge in [0.25, 0.3) is 17.5 Å². The Hall–Kier alpha value is -3.34. The number of rotatable bonds is 6. The van der Waals surface area contributed by atoms with Crippen LogP contribution in [0.5, 0.6) is 0 Å². The van der Waals surface area contributed by atoms with Crippen molar-refractivity contribution in [3.8, 4) is 0 Å². The third-order valence-electron chi connectivity index (χ3n) is 3.35. The third-order valence-corrected chi connectivity index (χ3v) is 3.59. The Bertz CT molecular complexity index is 921. The van der Waals surface area contributed by atoms with Gasteiger partial charge in [-0.3, -0.25) is 30.6 Å². The van der Waals surface area contributed by atoms with E-state index in [0.29, 0.717) is 17.2 Å². The number of hydrogen-bond acceptors (Lipinski definition) is 5. The van der Waals surface area contributed by atoms with Crippen LogP contribution in [0.3, 0.4) is 0 Å². The van der Waals surface area contributed by atoms with Crippen LogP contribution < -0.4 is 16.2 Å². The zero-order chi connectivity index (χ0) is 20.9. The van der Waals surface area contributed by atoms with Crippen LogP contribution in [-0.4, -0.2) is 23.3 Å². The SMILES string of the molecule is O=C(CNC(=O)c1cccc(Cl)c1)NNc1ccc(C(F)(F)F)cc1[N+](=O)[O-]. The van der Waals surface area contributed by atoms with Crippen molar-refractivity contribution < 1.29 is 27.7 Å². The van der Waals surface area contributed by atoms with Gasteiger partial charge in [0.1, 0.15) is 5.69 Å². The van der Waals surface area contributed by atoms with Crippen LogP contribution in [0.4, 0.5) is 24.5 Å². The minimum Gasteiger partial charge on any atom is -0.343 e. The van der Waals surface area contributed by atoms with Crippen LogP contribution in [0.2, 0.25) is 5.02 Å². The number of nitro benzene ring substituents is 1. The average Bonchev–Trinajstić information content (AvgIpc) is 2.63. The number of carbonyl (C=O) groups excluding carboxylic acids is 2. The number of anilines is 1. The fourth-order valence-corrected chi connectivity index (χ4v) is 2.23. The first-order valence-corrected chi connectivity index (χ1v) is 7.90. The van der Waals surface area contributed by atoms with E-state index in [2.05, 4.69) is 16.2 Å². The van der Waals surface area contributed by atoms with E-state index in [-0.39, 0.29) is 11.3 Å². The first-order valence-electron chi connectivity index (χ1n) is 7.52. The summed E-state index contributed by atoms with van der Waals surface area (Å²) in [6, 6.07) is 7.75. The Labute approximate surface area is 160 Å². The summed E-state index contributed by atoms with van der Waals surface area (Å²) in [5, 5.41) is 13.6. The molecule has 2 aromatic rings. The first kappa shape index (κ1) is 21.0. The molecule has 2 aromatic carbocycles. The van der Waals surface area contributed by atoms with Gasteiger partial charge < -0.3 is 5.32 Å². The molecule has 148 valence electrons. The van der Waals surface area contributed by atoms with Gasteiger partial charge >= 0.3 is 6.18 Å². The number of halogens is 4. The number of hydrogen-bond donors (Lipinski definition) is 3. The molecule has 12 heteroatoms. The number of benzene rings is 2. The summed E-state index contributed by atoms with van der Waals surface area (Å²) < 4.78 is 38.0. The summed E-state index contributed by atoms with van der Waals surface area (Å²) in [6.07, 6.45) is -4.75. The van der Waals surface area contributed by atoms with E-state index in [1.807, 2.05) is 0 Å². The number of amides is 2. The Morgan fingerprint density at radius 2 is 1.86 bits per heavy atom. The van der Waals surface area contributed by atoms with Crippen LogP contribution >= 0.6 is 11.6 Å². The van der Waals surface area contributed by atoms with Crippen molar-refractivity contribution in [2.75, 3.05) is 12.0 Å². The second-order valence-corrected chi connectivity index (χ2v) is 5.79. The van der Waals surface area contributed by atoms with E-state index in [1.165, 1.54) is 12.1 Å². The molecule has 0 radical (unpaired) electrons. The summed E-state index contributed by atoms with van der Waals surface area (Å²) in [5.41, 5.74) is 2.00. The quantitative estimate of drug-likeness (QED) is 0.494. The predicted molar refractivity (Wildman–Crippen MR) is 93.6 cm³/mol. The Kier molecular flexibility index (Phi) is 6.41. The molecule has 0 heterocycles. The molecule has 0 fully saturated rings. The molecule has 0 atom stereocenters. The van der Waals surface area contributed by atoms with Gasteiger partial charge in [-0.05, 0) is 30.3 Å². The lowest BCUT2D eigenvalue weighted by molar-refractivity contribution is -0.384. The van der Waals surface area contributed by atoms with Crippen molar-refractivity contribution in [1.29, 1.82) is 0 Å². The molecule has 0 bridgehead atoms. The fraction of sp³-hybridized carbons (Fsp3) is 0.125. The molecule has 2 amide bonds. The van der Waals surface area contributed by atoms with Gasteiger partial charge in [-0.1, -0.05) is 17.7 Å². The second-order valence-electron chi connectivity index (χ2n) is 5.35. The lowest BCUT2D eigenvalue weighted by atomic mass is 10.1. The molecule has 0 saturated heterocycles. The molecular formula is C16H12ClF3N4O4. The number of hydrazine groups is 1. The minimum absolute atomic E-state index is 0.214. The maximum atomic E-state index is 12.7. The highest BCUT2D eigenvalue weighted by Crippen LogP contribution is 2.34. The van der Waals surface area contributed by atoms with Crippen molar-refractivity contribution >= 4 is 34.8 Å². The smallest absolute Gasteiger partial charge is 0.343 e. The predicted octanol–water partition coefficient (Wildman–Crippen LogP) is 3.14. The molecule has 0 saturated carbocycles. The number of alkyl halides is 3. The number of nitrogens with one attached hydrogen (secondary N) is 3. The molecule has 8 nitrogen and oxygen atoms in total. The van der Waals surface area contributed by atoms with Crippen LogP contribution in [-0.2, 0) is 11.0 Å². The molecule has 3 N–H and O–H groups in total. The lowest BCUT2D eigenvalue weighted by Crippen LogP contribution is -2.39.